The highest BCUT2D eigenvalue weighted by Gasteiger charge is 2.30. The Morgan fingerprint density at radius 2 is 2.27 bits per heavy atom. The largest absolute Gasteiger partial charge is 0.469 e. The van der Waals surface area contributed by atoms with E-state index in [2.05, 4.69) is 0 Å². The lowest BCUT2D eigenvalue weighted by Gasteiger charge is -2.01. The molecule has 15 heavy (non-hydrogen) atoms. The third kappa shape index (κ3) is 2.26. The fraction of sp³-hybridized carbons (Fsp3) is 0.455. The van der Waals surface area contributed by atoms with Gasteiger partial charge in [-0.1, -0.05) is 0 Å². The van der Waals surface area contributed by atoms with E-state index in [0.29, 0.717) is 11.3 Å². The average molecular weight is 208 g/mol. The molecule has 80 valence electrons. The molecule has 0 N–H and O–H groups in total. The number of Topliss-reactive ketones (excluding diaryl/α,β-unsaturated/α-hetero) is 1. The summed E-state index contributed by atoms with van der Waals surface area (Å²) in [7, 11) is 0. The minimum absolute atomic E-state index is 0.0181. The molecule has 4 heteroatoms. The molecule has 0 bridgehead atoms. The van der Waals surface area contributed by atoms with Gasteiger partial charge >= 0.3 is 5.97 Å². The fourth-order valence-electron chi connectivity index (χ4n) is 1.33. The van der Waals surface area contributed by atoms with Crippen molar-refractivity contribution in [2.45, 2.75) is 19.8 Å². The van der Waals surface area contributed by atoms with E-state index in [1.54, 1.807) is 13.0 Å². The van der Waals surface area contributed by atoms with E-state index in [0.717, 1.165) is 12.8 Å². The van der Waals surface area contributed by atoms with Gasteiger partial charge in [0.2, 0.25) is 0 Å². The number of hydrogen-bond acceptors (Lipinski definition) is 4. The SMILES string of the molecule is Cc1occc1C(=O)OCC(=O)C1CC1. The van der Waals surface area contributed by atoms with Crippen LogP contribution < -0.4 is 0 Å². The smallest absolute Gasteiger partial charge is 0.342 e. The third-order valence-electron chi connectivity index (χ3n) is 2.46. The zero-order valence-electron chi connectivity index (χ0n) is 8.49. The number of rotatable bonds is 4. The average Bonchev–Trinajstić information content (AvgIpc) is 2.98. The number of ether oxygens (including phenoxy) is 1. The number of aryl methyl sites for hydroxylation is 1. The van der Waals surface area contributed by atoms with E-state index in [4.69, 9.17) is 9.15 Å². The molecule has 0 atom stereocenters. The molecule has 0 radical (unpaired) electrons. The lowest BCUT2D eigenvalue weighted by atomic mass is 10.2. The van der Waals surface area contributed by atoms with Crippen LogP contribution in [0.25, 0.3) is 0 Å². The molecule has 0 spiro atoms. The van der Waals surface area contributed by atoms with Crippen LogP contribution in [-0.4, -0.2) is 18.4 Å². The number of carbonyl (C=O) groups excluding carboxylic acids is 2. The quantitative estimate of drug-likeness (QED) is 0.707. The van der Waals surface area contributed by atoms with Crippen LogP contribution in [0.1, 0.15) is 29.0 Å². The summed E-state index contributed by atoms with van der Waals surface area (Å²) in [6.07, 6.45) is 3.29. The topological polar surface area (TPSA) is 56.5 Å². The van der Waals surface area contributed by atoms with Gasteiger partial charge in [-0.3, -0.25) is 4.79 Å². The second kappa shape index (κ2) is 3.88. The molecule has 0 saturated heterocycles. The van der Waals surface area contributed by atoms with Gasteiger partial charge in [0.15, 0.2) is 12.4 Å². The molecule has 1 aromatic rings. The van der Waals surface area contributed by atoms with Crippen LogP contribution in [0, 0.1) is 12.8 Å². The summed E-state index contributed by atoms with van der Waals surface area (Å²) in [6, 6.07) is 1.54. The standard InChI is InChI=1S/C11H12O4/c1-7-9(4-5-14-7)11(13)15-6-10(12)8-2-3-8/h4-5,8H,2-3,6H2,1H3. The maximum Gasteiger partial charge on any atom is 0.342 e. The van der Waals surface area contributed by atoms with Gasteiger partial charge in [-0.05, 0) is 25.8 Å². The van der Waals surface area contributed by atoms with Crippen molar-refractivity contribution >= 4 is 11.8 Å². The first-order valence-electron chi connectivity index (χ1n) is 4.92. The zero-order chi connectivity index (χ0) is 10.8. The zero-order valence-corrected chi connectivity index (χ0v) is 8.49. The Morgan fingerprint density at radius 3 is 2.80 bits per heavy atom. The molecule has 0 aliphatic heterocycles. The van der Waals surface area contributed by atoms with Gasteiger partial charge in [0, 0.05) is 5.92 Å². The normalized spacial score (nSPS) is 15.0. The maximum atomic E-state index is 11.4. The Bertz CT molecular complexity index is 387. The summed E-state index contributed by atoms with van der Waals surface area (Å²) in [6.45, 7) is 1.56. The Morgan fingerprint density at radius 1 is 1.53 bits per heavy atom. The predicted molar refractivity (Wildman–Crippen MR) is 51.5 cm³/mol. The molecule has 1 aromatic heterocycles. The number of hydrogen-bond donors (Lipinski definition) is 0. The molecule has 1 saturated carbocycles. The van der Waals surface area contributed by atoms with Crippen LogP contribution in [0.3, 0.4) is 0 Å². The van der Waals surface area contributed by atoms with E-state index < -0.39 is 5.97 Å². The second-order valence-corrected chi connectivity index (χ2v) is 3.71. The van der Waals surface area contributed by atoms with Crippen LogP contribution >= 0.6 is 0 Å². The van der Waals surface area contributed by atoms with Crippen LogP contribution in [0.5, 0.6) is 0 Å². The van der Waals surface area contributed by atoms with Crippen molar-refractivity contribution in [3.05, 3.63) is 23.7 Å². The van der Waals surface area contributed by atoms with Gasteiger partial charge in [-0.2, -0.15) is 0 Å². The summed E-state index contributed by atoms with van der Waals surface area (Å²) in [4.78, 5) is 22.7. The molecule has 0 amide bonds. The van der Waals surface area contributed by atoms with Gasteiger partial charge in [-0.15, -0.1) is 0 Å². The van der Waals surface area contributed by atoms with Crippen LogP contribution in [0.4, 0.5) is 0 Å². The second-order valence-electron chi connectivity index (χ2n) is 3.71. The van der Waals surface area contributed by atoms with E-state index in [9.17, 15) is 9.59 Å². The van der Waals surface area contributed by atoms with Gasteiger partial charge in [-0.25, -0.2) is 4.79 Å². The van der Waals surface area contributed by atoms with Crippen molar-refractivity contribution < 1.29 is 18.7 Å². The monoisotopic (exact) mass is 208 g/mol. The lowest BCUT2D eigenvalue weighted by Crippen LogP contribution is -2.15. The van der Waals surface area contributed by atoms with E-state index in [1.807, 2.05) is 0 Å². The molecule has 0 unspecified atom stereocenters. The highest BCUT2D eigenvalue weighted by atomic mass is 16.5. The van der Waals surface area contributed by atoms with Crippen LogP contribution in [0.2, 0.25) is 0 Å². The molecular weight excluding hydrogens is 196 g/mol. The Kier molecular flexibility index (Phi) is 2.58. The van der Waals surface area contributed by atoms with Crippen molar-refractivity contribution in [1.29, 1.82) is 0 Å². The van der Waals surface area contributed by atoms with Crippen molar-refractivity contribution in [1.82, 2.24) is 0 Å². The first kappa shape index (κ1) is 9.96. The first-order chi connectivity index (χ1) is 7.18. The van der Waals surface area contributed by atoms with E-state index in [-0.39, 0.29) is 18.3 Å². The Labute approximate surface area is 87.2 Å². The molecule has 1 fully saturated rings. The Hall–Kier alpha value is -1.58. The summed E-state index contributed by atoms with van der Waals surface area (Å²) in [5, 5.41) is 0. The maximum absolute atomic E-state index is 11.4. The minimum atomic E-state index is -0.491. The molecule has 1 aliphatic carbocycles. The first-order valence-corrected chi connectivity index (χ1v) is 4.92. The number of ketones is 1. The molecule has 1 aliphatic rings. The van der Waals surface area contributed by atoms with Crippen molar-refractivity contribution in [3.8, 4) is 0 Å². The van der Waals surface area contributed by atoms with Crippen LogP contribution in [0.15, 0.2) is 16.7 Å². The van der Waals surface area contributed by atoms with Crippen molar-refractivity contribution in [2.24, 2.45) is 5.92 Å². The Balaban J connectivity index is 1.87. The number of furan rings is 1. The highest BCUT2D eigenvalue weighted by molar-refractivity contribution is 5.93. The van der Waals surface area contributed by atoms with Gasteiger partial charge in [0.25, 0.3) is 0 Å². The predicted octanol–water partition coefficient (Wildman–Crippen LogP) is 1.72. The third-order valence-corrected chi connectivity index (χ3v) is 2.46. The summed E-state index contributed by atoms with van der Waals surface area (Å²) in [5.74, 6) is 0.168. The molecule has 1 heterocycles. The number of carbonyl (C=O) groups is 2. The van der Waals surface area contributed by atoms with E-state index in [1.165, 1.54) is 6.26 Å². The summed E-state index contributed by atoms with van der Waals surface area (Å²) in [5.41, 5.74) is 0.388. The minimum Gasteiger partial charge on any atom is -0.469 e. The van der Waals surface area contributed by atoms with Crippen molar-refractivity contribution in [2.75, 3.05) is 6.61 Å². The summed E-state index contributed by atoms with van der Waals surface area (Å²) >= 11 is 0. The number of esters is 1. The van der Waals surface area contributed by atoms with E-state index >= 15 is 0 Å². The molecular formula is C11H12O4. The summed E-state index contributed by atoms with van der Waals surface area (Å²) < 4.78 is 9.85. The lowest BCUT2D eigenvalue weighted by molar-refractivity contribution is -0.123. The van der Waals surface area contributed by atoms with Gasteiger partial charge in [0.05, 0.1) is 6.26 Å². The molecule has 0 aromatic carbocycles. The molecule has 2 rings (SSSR count). The van der Waals surface area contributed by atoms with Crippen LogP contribution in [-0.2, 0) is 9.53 Å². The van der Waals surface area contributed by atoms with Gasteiger partial charge < -0.3 is 9.15 Å². The highest BCUT2D eigenvalue weighted by Crippen LogP contribution is 2.29. The van der Waals surface area contributed by atoms with Gasteiger partial charge in [0.1, 0.15) is 11.3 Å². The molecule has 4 nitrogen and oxygen atoms in total. The van der Waals surface area contributed by atoms with Crippen molar-refractivity contribution in [3.63, 3.8) is 0 Å². The fourth-order valence-corrected chi connectivity index (χ4v) is 1.33.